The van der Waals surface area contributed by atoms with Crippen LogP contribution in [-0.4, -0.2) is 24.4 Å². The summed E-state index contributed by atoms with van der Waals surface area (Å²) in [5, 5.41) is 12.8. The molecule has 0 amide bonds. The Hall–Kier alpha value is -1.37. The van der Waals surface area contributed by atoms with Crippen molar-refractivity contribution in [2.24, 2.45) is 0 Å². The van der Waals surface area contributed by atoms with Crippen molar-refractivity contribution in [1.82, 2.24) is 0 Å². The van der Waals surface area contributed by atoms with Gasteiger partial charge in [0, 0.05) is 16.7 Å². The van der Waals surface area contributed by atoms with Gasteiger partial charge in [-0.05, 0) is 46.3 Å². The fourth-order valence-corrected chi connectivity index (χ4v) is 2.10. The van der Waals surface area contributed by atoms with E-state index in [1.807, 2.05) is 0 Å². The van der Waals surface area contributed by atoms with E-state index >= 15 is 0 Å². The Morgan fingerprint density at radius 3 is 2.95 bits per heavy atom. The Balaban J connectivity index is 1.70. The summed E-state index contributed by atoms with van der Waals surface area (Å²) in [7, 11) is 0. The van der Waals surface area contributed by atoms with Gasteiger partial charge in [-0.25, -0.2) is 4.39 Å². The molecule has 0 spiro atoms. The number of ether oxygens (including phenoxy) is 1. The van der Waals surface area contributed by atoms with E-state index in [4.69, 9.17) is 9.15 Å². The number of aliphatic hydroxyl groups is 1. The number of furan rings is 1. The molecule has 0 saturated carbocycles. The topological polar surface area (TPSA) is 54.6 Å². The quantitative estimate of drug-likeness (QED) is 0.810. The maximum atomic E-state index is 12.9. The highest BCUT2D eigenvalue weighted by molar-refractivity contribution is 9.10. The van der Waals surface area contributed by atoms with Crippen molar-refractivity contribution in [2.75, 3.05) is 18.5 Å². The zero-order valence-corrected chi connectivity index (χ0v) is 12.3. The number of benzene rings is 1. The molecule has 0 aliphatic heterocycles. The minimum Gasteiger partial charge on any atom is -0.467 e. The van der Waals surface area contributed by atoms with Gasteiger partial charge in [0.1, 0.15) is 18.2 Å². The second-order valence-electron chi connectivity index (χ2n) is 4.25. The Kier molecular flexibility index (Phi) is 5.58. The van der Waals surface area contributed by atoms with Crippen molar-refractivity contribution in [2.45, 2.75) is 12.7 Å². The summed E-state index contributed by atoms with van der Waals surface area (Å²) in [6.45, 7) is 0.819. The SMILES string of the molecule is OC(CNc1ccc(F)cc1Br)COCc1ccco1. The van der Waals surface area contributed by atoms with Gasteiger partial charge in [0.05, 0.1) is 19.0 Å². The maximum absolute atomic E-state index is 12.9. The van der Waals surface area contributed by atoms with E-state index in [0.717, 1.165) is 5.69 Å². The van der Waals surface area contributed by atoms with Crippen LogP contribution in [0.5, 0.6) is 0 Å². The molecule has 0 aliphatic carbocycles. The van der Waals surface area contributed by atoms with Crippen molar-refractivity contribution in [3.63, 3.8) is 0 Å². The Labute approximate surface area is 124 Å². The number of anilines is 1. The summed E-state index contributed by atoms with van der Waals surface area (Å²) in [5.41, 5.74) is 0.719. The molecule has 1 heterocycles. The van der Waals surface area contributed by atoms with E-state index in [1.54, 1.807) is 24.5 Å². The fraction of sp³-hybridized carbons (Fsp3) is 0.286. The van der Waals surface area contributed by atoms with Crippen LogP contribution in [0.2, 0.25) is 0 Å². The summed E-state index contributed by atoms with van der Waals surface area (Å²) >= 11 is 3.25. The van der Waals surface area contributed by atoms with Crippen LogP contribution < -0.4 is 5.32 Å². The smallest absolute Gasteiger partial charge is 0.129 e. The third-order valence-corrected chi connectivity index (χ3v) is 3.25. The number of nitrogens with one attached hydrogen (secondary N) is 1. The normalized spacial score (nSPS) is 12.3. The third kappa shape index (κ3) is 4.63. The van der Waals surface area contributed by atoms with E-state index in [-0.39, 0.29) is 12.4 Å². The van der Waals surface area contributed by atoms with Gasteiger partial charge < -0.3 is 19.6 Å². The number of hydrogen-bond acceptors (Lipinski definition) is 4. The molecular formula is C14H15BrFNO3. The molecule has 1 unspecified atom stereocenters. The Morgan fingerprint density at radius 2 is 2.25 bits per heavy atom. The first kappa shape index (κ1) is 15.0. The molecule has 2 N–H and O–H groups in total. The molecule has 1 aromatic carbocycles. The highest BCUT2D eigenvalue weighted by Crippen LogP contribution is 2.22. The van der Waals surface area contributed by atoms with E-state index in [0.29, 0.717) is 23.4 Å². The van der Waals surface area contributed by atoms with Gasteiger partial charge in [0.25, 0.3) is 0 Å². The lowest BCUT2D eigenvalue weighted by atomic mass is 10.3. The van der Waals surface area contributed by atoms with Gasteiger partial charge in [-0.2, -0.15) is 0 Å². The fourth-order valence-electron chi connectivity index (χ4n) is 1.61. The van der Waals surface area contributed by atoms with E-state index in [2.05, 4.69) is 21.2 Å². The predicted molar refractivity (Wildman–Crippen MR) is 77.0 cm³/mol. The molecule has 0 fully saturated rings. The minimum absolute atomic E-state index is 0.187. The second-order valence-corrected chi connectivity index (χ2v) is 5.11. The monoisotopic (exact) mass is 343 g/mol. The van der Waals surface area contributed by atoms with Crippen molar-refractivity contribution in [3.8, 4) is 0 Å². The first-order valence-corrected chi connectivity index (χ1v) is 6.91. The average molecular weight is 344 g/mol. The standard InChI is InChI=1S/C14H15BrFNO3/c15-13-6-10(16)3-4-14(13)17-7-11(18)8-19-9-12-2-1-5-20-12/h1-6,11,17-18H,7-9H2. The number of hydrogen-bond donors (Lipinski definition) is 2. The van der Waals surface area contributed by atoms with E-state index in [9.17, 15) is 9.50 Å². The van der Waals surface area contributed by atoms with Crippen LogP contribution in [0.25, 0.3) is 0 Å². The summed E-state index contributed by atoms with van der Waals surface area (Å²) in [6, 6.07) is 7.91. The molecule has 2 aromatic rings. The van der Waals surface area contributed by atoms with Crippen LogP contribution in [0, 0.1) is 5.82 Å². The maximum Gasteiger partial charge on any atom is 0.129 e. The van der Waals surface area contributed by atoms with Crippen molar-refractivity contribution < 1.29 is 18.7 Å². The third-order valence-electron chi connectivity index (χ3n) is 2.59. The molecule has 0 bridgehead atoms. The highest BCUT2D eigenvalue weighted by atomic mass is 79.9. The first-order chi connectivity index (χ1) is 9.65. The molecule has 20 heavy (non-hydrogen) atoms. The zero-order valence-electron chi connectivity index (χ0n) is 10.7. The van der Waals surface area contributed by atoms with Gasteiger partial charge in [-0.1, -0.05) is 0 Å². The van der Waals surface area contributed by atoms with Crippen molar-refractivity contribution in [3.05, 3.63) is 52.6 Å². The van der Waals surface area contributed by atoms with Gasteiger partial charge in [0.2, 0.25) is 0 Å². The zero-order chi connectivity index (χ0) is 14.4. The second kappa shape index (κ2) is 7.42. The Morgan fingerprint density at radius 1 is 1.40 bits per heavy atom. The van der Waals surface area contributed by atoms with E-state index in [1.165, 1.54) is 12.1 Å². The van der Waals surface area contributed by atoms with Crippen LogP contribution in [0.4, 0.5) is 10.1 Å². The first-order valence-electron chi connectivity index (χ1n) is 6.12. The molecular weight excluding hydrogens is 329 g/mol. The van der Waals surface area contributed by atoms with Crippen molar-refractivity contribution >= 4 is 21.6 Å². The molecule has 1 atom stereocenters. The molecule has 0 radical (unpaired) electrons. The molecule has 108 valence electrons. The van der Waals surface area contributed by atoms with Crippen LogP contribution >= 0.6 is 15.9 Å². The highest BCUT2D eigenvalue weighted by Gasteiger charge is 2.07. The predicted octanol–water partition coefficient (Wildman–Crippen LogP) is 3.17. The number of rotatable bonds is 7. The van der Waals surface area contributed by atoms with Gasteiger partial charge in [0.15, 0.2) is 0 Å². The lowest BCUT2D eigenvalue weighted by molar-refractivity contribution is 0.0282. The lowest BCUT2D eigenvalue weighted by Crippen LogP contribution is -2.24. The number of aliphatic hydroxyl groups excluding tert-OH is 1. The summed E-state index contributed by atoms with van der Waals surface area (Å²) in [5.74, 6) is 0.399. The van der Waals surface area contributed by atoms with Crippen LogP contribution in [-0.2, 0) is 11.3 Å². The average Bonchev–Trinajstić information content (AvgIpc) is 2.91. The van der Waals surface area contributed by atoms with Crippen molar-refractivity contribution in [1.29, 1.82) is 0 Å². The molecule has 6 heteroatoms. The van der Waals surface area contributed by atoms with Gasteiger partial charge >= 0.3 is 0 Å². The summed E-state index contributed by atoms with van der Waals surface area (Å²) in [6.07, 6.45) is 0.907. The molecule has 1 aromatic heterocycles. The largest absolute Gasteiger partial charge is 0.467 e. The summed E-state index contributed by atoms with van der Waals surface area (Å²) in [4.78, 5) is 0. The molecule has 4 nitrogen and oxygen atoms in total. The van der Waals surface area contributed by atoms with Gasteiger partial charge in [-0.15, -0.1) is 0 Å². The molecule has 0 aliphatic rings. The molecule has 0 saturated heterocycles. The minimum atomic E-state index is -0.665. The Bertz CT molecular complexity index is 533. The van der Waals surface area contributed by atoms with Crippen LogP contribution in [0.1, 0.15) is 5.76 Å². The summed E-state index contributed by atoms with van der Waals surface area (Å²) < 4.78 is 24.0. The van der Waals surface area contributed by atoms with E-state index < -0.39 is 6.10 Å². The molecule has 2 rings (SSSR count). The number of halogens is 2. The van der Waals surface area contributed by atoms with Crippen LogP contribution in [0.15, 0.2) is 45.5 Å². The van der Waals surface area contributed by atoms with Gasteiger partial charge in [-0.3, -0.25) is 0 Å². The lowest BCUT2D eigenvalue weighted by Gasteiger charge is -2.14. The van der Waals surface area contributed by atoms with Crippen LogP contribution in [0.3, 0.4) is 0 Å².